The maximum absolute atomic E-state index is 13.6. The Morgan fingerprint density at radius 1 is 1.11 bits per heavy atom. The van der Waals surface area contributed by atoms with Crippen molar-refractivity contribution in [3.8, 4) is 23.0 Å². The summed E-state index contributed by atoms with van der Waals surface area (Å²) in [5, 5.41) is 6.84. The molecule has 12 heteroatoms. The van der Waals surface area contributed by atoms with E-state index in [1.54, 1.807) is 31.1 Å². The van der Waals surface area contributed by atoms with Crippen LogP contribution in [-0.2, 0) is 32.1 Å². The Bertz CT molecular complexity index is 1650. The standard InChI is InChI=1S/C33H39N5O7/c1-21-27-19-35-32(41)26(16-23-18-34-25-9-5-4-8-24(23)25)36-30(39)10-6-13-38(31(40)20-42-2)14-7-15-44-28-12-11-22(17-29(28)43-3)33(37-27)45-21/h4-5,8-9,11-12,17-18,26,34H,6-7,10,13-16,19-20H2,1-3H3,(H,35,41)(H,36,39)/t26-/m0/s1. The molecule has 0 saturated carbocycles. The lowest BCUT2D eigenvalue weighted by atomic mass is 10.0. The van der Waals surface area contributed by atoms with Crippen LogP contribution in [0.25, 0.3) is 22.4 Å². The van der Waals surface area contributed by atoms with Gasteiger partial charge in [0.25, 0.3) is 0 Å². The first-order chi connectivity index (χ1) is 21.9. The smallest absolute Gasteiger partial charge is 0.248 e. The van der Waals surface area contributed by atoms with Gasteiger partial charge in [0.15, 0.2) is 11.5 Å². The molecular formula is C33H39N5O7. The van der Waals surface area contributed by atoms with Gasteiger partial charge in [-0.05, 0) is 49.6 Å². The molecule has 0 saturated heterocycles. The zero-order valence-corrected chi connectivity index (χ0v) is 25.8. The number of rotatable bonds is 5. The SMILES string of the molecule is COCC(=O)N1CCCOc2ccc(cc2OC)-c2nc(c(C)o2)CNC(=O)[C@H](Cc2c[nH]c3ccccc23)NC(=O)CCC1. The molecule has 6 rings (SSSR count). The summed E-state index contributed by atoms with van der Waals surface area (Å²) in [4.78, 5) is 49.0. The first-order valence-electron chi connectivity index (χ1n) is 15.0. The summed E-state index contributed by atoms with van der Waals surface area (Å²) < 4.78 is 22.6. The summed E-state index contributed by atoms with van der Waals surface area (Å²) in [7, 11) is 3.03. The number of fused-ring (bicyclic) bond motifs is 16. The molecular weight excluding hydrogens is 578 g/mol. The summed E-state index contributed by atoms with van der Waals surface area (Å²) in [5.74, 6) is 1.22. The number of H-pyrrole nitrogens is 1. The van der Waals surface area contributed by atoms with Gasteiger partial charge < -0.3 is 39.1 Å². The molecule has 238 valence electrons. The van der Waals surface area contributed by atoms with Crippen LogP contribution in [0.1, 0.15) is 36.3 Å². The third kappa shape index (κ3) is 7.82. The van der Waals surface area contributed by atoms with Gasteiger partial charge in [0, 0.05) is 55.7 Å². The number of aromatic amines is 1. The third-order valence-corrected chi connectivity index (χ3v) is 7.77. The number of para-hydroxylation sites is 1. The van der Waals surface area contributed by atoms with E-state index in [2.05, 4.69) is 20.6 Å². The molecule has 1 atom stereocenters. The molecule has 0 spiro atoms. The quantitative estimate of drug-likeness (QED) is 0.308. The summed E-state index contributed by atoms with van der Waals surface area (Å²) in [6.45, 7) is 2.98. The summed E-state index contributed by atoms with van der Waals surface area (Å²) in [6.07, 6.45) is 3.26. The van der Waals surface area contributed by atoms with E-state index in [9.17, 15) is 14.4 Å². The number of methoxy groups -OCH3 is 2. The number of aromatic nitrogens is 2. The fraction of sp³-hybridized carbons (Fsp3) is 0.394. The molecule has 2 aromatic carbocycles. The summed E-state index contributed by atoms with van der Waals surface area (Å²) in [6, 6.07) is 12.4. The highest BCUT2D eigenvalue weighted by Gasteiger charge is 2.24. The summed E-state index contributed by atoms with van der Waals surface area (Å²) in [5.41, 5.74) is 3.11. The second-order valence-electron chi connectivity index (χ2n) is 10.9. The molecule has 12 nitrogen and oxygen atoms in total. The van der Waals surface area contributed by atoms with Crippen LogP contribution in [-0.4, -0.2) is 79.2 Å². The fourth-order valence-electron chi connectivity index (χ4n) is 5.37. The topological polar surface area (TPSA) is 148 Å². The van der Waals surface area contributed by atoms with Crippen molar-refractivity contribution in [3.63, 3.8) is 0 Å². The molecule has 2 aliphatic heterocycles. The number of amides is 3. The number of carbonyl (C=O) groups excluding carboxylic acids is 3. The van der Waals surface area contributed by atoms with Crippen LogP contribution in [0.5, 0.6) is 11.5 Å². The molecule has 0 fully saturated rings. The largest absolute Gasteiger partial charge is 0.493 e. The maximum Gasteiger partial charge on any atom is 0.248 e. The van der Waals surface area contributed by atoms with E-state index < -0.39 is 6.04 Å². The van der Waals surface area contributed by atoms with Gasteiger partial charge in [0.1, 0.15) is 24.1 Å². The van der Waals surface area contributed by atoms with Crippen molar-refractivity contribution >= 4 is 28.6 Å². The number of hydrogen-bond donors (Lipinski definition) is 3. The number of hydrogen-bond acceptors (Lipinski definition) is 8. The Kier molecular flexibility index (Phi) is 10.4. The van der Waals surface area contributed by atoms with Crippen LogP contribution < -0.4 is 20.1 Å². The highest BCUT2D eigenvalue weighted by Crippen LogP contribution is 2.33. The molecule has 2 aliphatic rings. The predicted molar refractivity (Wildman–Crippen MR) is 167 cm³/mol. The highest BCUT2D eigenvalue weighted by atomic mass is 16.5. The second kappa shape index (κ2) is 14.8. The number of ether oxygens (including phenoxy) is 3. The number of benzene rings is 2. The van der Waals surface area contributed by atoms with E-state index in [1.165, 1.54) is 7.11 Å². The van der Waals surface area contributed by atoms with E-state index in [4.69, 9.17) is 18.6 Å². The van der Waals surface area contributed by atoms with E-state index >= 15 is 0 Å². The molecule has 4 heterocycles. The van der Waals surface area contributed by atoms with Gasteiger partial charge >= 0.3 is 0 Å². The third-order valence-electron chi connectivity index (χ3n) is 7.77. The van der Waals surface area contributed by atoms with Crippen LogP contribution in [0.2, 0.25) is 0 Å². The molecule has 45 heavy (non-hydrogen) atoms. The first kappa shape index (κ1) is 31.6. The minimum Gasteiger partial charge on any atom is -0.493 e. The van der Waals surface area contributed by atoms with Crippen LogP contribution >= 0.6 is 0 Å². The minimum absolute atomic E-state index is 0.0585. The van der Waals surface area contributed by atoms with Gasteiger partial charge in [-0.2, -0.15) is 0 Å². The molecule has 0 unspecified atom stereocenters. The number of oxazole rings is 1. The lowest BCUT2D eigenvalue weighted by Crippen LogP contribution is -2.48. The van der Waals surface area contributed by atoms with Crippen LogP contribution in [0.15, 0.2) is 53.1 Å². The average molecular weight is 618 g/mol. The van der Waals surface area contributed by atoms with Crippen molar-refractivity contribution in [2.24, 2.45) is 0 Å². The number of nitrogens with zero attached hydrogens (tertiary/aromatic N) is 2. The summed E-state index contributed by atoms with van der Waals surface area (Å²) >= 11 is 0. The van der Waals surface area contributed by atoms with E-state index in [1.807, 2.05) is 36.5 Å². The molecule has 4 aromatic rings. The lowest BCUT2D eigenvalue weighted by molar-refractivity contribution is -0.135. The number of nitrogens with one attached hydrogen (secondary N) is 3. The Balaban J connectivity index is 1.41. The Labute approximate surface area is 261 Å². The van der Waals surface area contributed by atoms with E-state index in [0.717, 1.165) is 16.5 Å². The molecule has 3 amide bonds. The van der Waals surface area contributed by atoms with Gasteiger partial charge in [-0.15, -0.1) is 0 Å². The number of aryl methyl sites for hydroxylation is 1. The van der Waals surface area contributed by atoms with Crippen LogP contribution in [0.3, 0.4) is 0 Å². The molecule has 4 bridgehead atoms. The monoisotopic (exact) mass is 617 g/mol. The molecule has 0 aliphatic carbocycles. The normalized spacial score (nSPS) is 16.9. The Hall–Kier alpha value is -4.84. The van der Waals surface area contributed by atoms with Crippen molar-refractivity contribution in [3.05, 3.63) is 65.7 Å². The average Bonchev–Trinajstić information content (AvgIpc) is 3.63. The minimum atomic E-state index is -0.835. The first-order valence-corrected chi connectivity index (χ1v) is 15.0. The van der Waals surface area contributed by atoms with Crippen molar-refractivity contribution in [2.75, 3.05) is 40.5 Å². The van der Waals surface area contributed by atoms with E-state index in [-0.39, 0.29) is 43.7 Å². The Morgan fingerprint density at radius 2 is 1.93 bits per heavy atom. The molecule has 3 N–H and O–H groups in total. The van der Waals surface area contributed by atoms with Gasteiger partial charge in [0.2, 0.25) is 23.6 Å². The zero-order chi connectivity index (χ0) is 31.8. The van der Waals surface area contributed by atoms with Gasteiger partial charge in [-0.1, -0.05) is 18.2 Å². The molecule has 2 aromatic heterocycles. The van der Waals surface area contributed by atoms with Crippen LogP contribution in [0.4, 0.5) is 0 Å². The van der Waals surface area contributed by atoms with Crippen molar-refractivity contribution in [1.29, 1.82) is 0 Å². The predicted octanol–water partition coefficient (Wildman–Crippen LogP) is 3.52. The zero-order valence-electron chi connectivity index (χ0n) is 25.8. The number of carbonyl (C=O) groups is 3. The second-order valence-corrected chi connectivity index (χ2v) is 10.9. The fourth-order valence-corrected chi connectivity index (χ4v) is 5.37. The molecule has 0 radical (unpaired) electrons. The van der Waals surface area contributed by atoms with E-state index in [0.29, 0.717) is 66.9 Å². The van der Waals surface area contributed by atoms with Crippen molar-refractivity contribution < 1.29 is 33.0 Å². The van der Waals surface area contributed by atoms with Gasteiger partial charge in [-0.3, -0.25) is 14.4 Å². The van der Waals surface area contributed by atoms with Crippen molar-refractivity contribution in [1.82, 2.24) is 25.5 Å². The highest BCUT2D eigenvalue weighted by molar-refractivity contribution is 5.89. The van der Waals surface area contributed by atoms with Crippen molar-refractivity contribution in [2.45, 2.75) is 45.2 Å². The Morgan fingerprint density at radius 3 is 2.76 bits per heavy atom. The van der Waals surface area contributed by atoms with Crippen LogP contribution in [0, 0.1) is 6.92 Å². The van der Waals surface area contributed by atoms with Gasteiger partial charge in [-0.25, -0.2) is 4.98 Å². The maximum atomic E-state index is 13.6. The lowest BCUT2D eigenvalue weighted by Gasteiger charge is -2.23. The van der Waals surface area contributed by atoms with Gasteiger partial charge in [0.05, 0.1) is 20.3 Å².